The Hall–Kier alpha value is -1.10. The first-order valence-electron chi connectivity index (χ1n) is 3.26. The van der Waals surface area contributed by atoms with E-state index in [4.69, 9.17) is 9.84 Å². The number of rotatable bonds is 3. The van der Waals surface area contributed by atoms with Crippen LogP contribution in [-0.4, -0.2) is 36.7 Å². The summed E-state index contributed by atoms with van der Waals surface area (Å²) >= 11 is 0. The summed E-state index contributed by atoms with van der Waals surface area (Å²) in [6.45, 7) is 0.469. The lowest BCUT2D eigenvalue weighted by molar-refractivity contribution is -0.142. The van der Waals surface area contributed by atoms with Crippen LogP contribution < -0.4 is 5.32 Å². The van der Waals surface area contributed by atoms with Gasteiger partial charge in [0.25, 0.3) is 0 Å². The number of carbonyl (C=O) groups excluding carboxylic acids is 1. The van der Waals surface area contributed by atoms with Gasteiger partial charge in [-0.2, -0.15) is 0 Å². The first-order valence-corrected chi connectivity index (χ1v) is 3.26. The predicted octanol–water partition coefficient (Wildman–Crippen LogP) is -1.17. The summed E-state index contributed by atoms with van der Waals surface area (Å²) in [5, 5.41) is 11.0. The minimum Gasteiger partial charge on any atom is -0.481 e. The Kier molecular flexibility index (Phi) is 2.43. The summed E-state index contributed by atoms with van der Waals surface area (Å²) in [5.74, 6) is -1.53. The molecule has 5 heteroatoms. The van der Waals surface area contributed by atoms with E-state index in [9.17, 15) is 9.59 Å². The third-order valence-corrected chi connectivity index (χ3v) is 1.68. The van der Waals surface area contributed by atoms with E-state index in [1.807, 2.05) is 0 Å². The first kappa shape index (κ1) is 8.00. The molecule has 0 radical (unpaired) electrons. The van der Waals surface area contributed by atoms with Gasteiger partial charge in [0.15, 0.2) is 0 Å². The van der Waals surface area contributed by atoms with Crippen LogP contribution in [0.15, 0.2) is 0 Å². The van der Waals surface area contributed by atoms with E-state index in [2.05, 4.69) is 5.32 Å². The van der Waals surface area contributed by atoms with Crippen molar-refractivity contribution in [2.24, 2.45) is 5.92 Å². The molecule has 0 aromatic rings. The predicted molar refractivity (Wildman–Crippen MR) is 34.9 cm³/mol. The van der Waals surface area contributed by atoms with Crippen molar-refractivity contribution in [3.8, 4) is 0 Å². The summed E-state index contributed by atoms with van der Waals surface area (Å²) in [6, 6.07) is -0.370. The average molecular weight is 159 g/mol. The van der Waals surface area contributed by atoms with Crippen LogP contribution in [0.2, 0.25) is 0 Å². The Bertz CT molecular complexity index is 170. The highest BCUT2D eigenvalue weighted by Crippen LogP contribution is 2.12. The third kappa shape index (κ3) is 1.68. The summed E-state index contributed by atoms with van der Waals surface area (Å²) in [6.07, 6.45) is 0.495. The summed E-state index contributed by atoms with van der Waals surface area (Å²) < 4.78 is 4.88. The van der Waals surface area contributed by atoms with Gasteiger partial charge in [-0.25, -0.2) is 0 Å². The topological polar surface area (TPSA) is 75.6 Å². The van der Waals surface area contributed by atoms with Crippen molar-refractivity contribution in [1.82, 2.24) is 5.32 Å². The van der Waals surface area contributed by atoms with Gasteiger partial charge in [0.1, 0.15) is 5.92 Å². The van der Waals surface area contributed by atoms with E-state index in [0.717, 1.165) is 0 Å². The largest absolute Gasteiger partial charge is 0.481 e. The number of nitrogens with one attached hydrogen (secondary N) is 1. The standard InChI is InChI=1S/C6H9NO4/c8-3-7-5-2-11-1-4(5)6(9)10/h3-5H,1-2H2,(H,7,8)(H,9,10). The molecule has 0 spiro atoms. The maximum Gasteiger partial charge on any atom is 0.311 e. The Labute approximate surface area is 63.3 Å². The average Bonchev–Trinajstić information content (AvgIpc) is 2.36. The molecule has 1 rings (SSSR count). The van der Waals surface area contributed by atoms with Gasteiger partial charge < -0.3 is 15.2 Å². The fourth-order valence-electron chi connectivity index (χ4n) is 1.05. The number of carboxylic acids is 1. The molecule has 11 heavy (non-hydrogen) atoms. The van der Waals surface area contributed by atoms with Gasteiger partial charge in [0.2, 0.25) is 6.41 Å². The van der Waals surface area contributed by atoms with Gasteiger partial charge in [-0.1, -0.05) is 0 Å². The smallest absolute Gasteiger partial charge is 0.311 e. The van der Waals surface area contributed by atoms with Crippen molar-refractivity contribution < 1.29 is 19.4 Å². The van der Waals surface area contributed by atoms with Crippen molar-refractivity contribution in [3.05, 3.63) is 0 Å². The van der Waals surface area contributed by atoms with Crippen LogP contribution in [0.1, 0.15) is 0 Å². The molecule has 2 N–H and O–H groups in total. The Morgan fingerprint density at radius 3 is 2.91 bits per heavy atom. The lowest BCUT2D eigenvalue weighted by atomic mass is 10.1. The molecule has 0 aromatic carbocycles. The number of aliphatic carboxylic acids is 1. The quantitative estimate of drug-likeness (QED) is 0.509. The van der Waals surface area contributed by atoms with Crippen LogP contribution in [0.25, 0.3) is 0 Å². The van der Waals surface area contributed by atoms with Crippen LogP contribution in [0.5, 0.6) is 0 Å². The second-order valence-electron chi connectivity index (χ2n) is 2.37. The molecule has 0 aliphatic carbocycles. The number of hydrogen-bond donors (Lipinski definition) is 2. The monoisotopic (exact) mass is 159 g/mol. The lowest BCUT2D eigenvalue weighted by Gasteiger charge is -2.10. The number of amides is 1. The van der Waals surface area contributed by atoms with Gasteiger partial charge in [0, 0.05) is 0 Å². The molecule has 0 bridgehead atoms. The molecular weight excluding hydrogens is 150 g/mol. The molecule has 0 saturated carbocycles. The SMILES string of the molecule is O=CNC1COCC1C(=O)O. The van der Waals surface area contributed by atoms with Crippen LogP contribution in [0.4, 0.5) is 0 Å². The summed E-state index contributed by atoms with van der Waals surface area (Å²) in [4.78, 5) is 20.4. The highest BCUT2D eigenvalue weighted by molar-refractivity contribution is 5.72. The second-order valence-corrected chi connectivity index (χ2v) is 2.37. The lowest BCUT2D eigenvalue weighted by Crippen LogP contribution is -2.38. The molecule has 0 aromatic heterocycles. The van der Waals surface area contributed by atoms with E-state index >= 15 is 0 Å². The fourth-order valence-corrected chi connectivity index (χ4v) is 1.05. The molecule has 1 saturated heterocycles. The molecule has 1 aliphatic heterocycles. The zero-order valence-corrected chi connectivity index (χ0v) is 5.82. The van der Waals surface area contributed by atoms with E-state index in [1.165, 1.54) is 0 Å². The minimum absolute atomic E-state index is 0.181. The first-order chi connectivity index (χ1) is 5.25. The van der Waals surface area contributed by atoms with Crippen molar-refractivity contribution in [1.29, 1.82) is 0 Å². The number of carbonyl (C=O) groups is 2. The maximum atomic E-state index is 10.5. The van der Waals surface area contributed by atoms with E-state index in [0.29, 0.717) is 6.41 Å². The Balaban J connectivity index is 2.50. The molecule has 1 amide bonds. The molecule has 5 nitrogen and oxygen atoms in total. The van der Waals surface area contributed by atoms with Gasteiger partial charge in [-0.3, -0.25) is 9.59 Å². The number of ether oxygens (including phenoxy) is 1. The van der Waals surface area contributed by atoms with Gasteiger partial charge in [-0.05, 0) is 0 Å². The normalized spacial score (nSPS) is 29.8. The van der Waals surface area contributed by atoms with Crippen molar-refractivity contribution in [2.45, 2.75) is 6.04 Å². The van der Waals surface area contributed by atoms with Crippen molar-refractivity contribution >= 4 is 12.4 Å². The molecule has 62 valence electrons. The van der Waals surface area contributed by atoms with Crippen LogP contribution in [-0.2, 0) is 14.3 Å². The van der Waals surface area contributed by atoms with Crippen LogP contribution >= 0.6 is 0 Å². The van der Waals surface area contributed by atoms with Crippen molar-refractivity contribution in [2.75, 3.05) is 13.2 Å². The molecular formula is C6H9NO4. The van der Waals surface area contributed by atoms with E-state index < -0.39 is 11.9 Å². The second kappa shape index (κ2) is 3.34. The molecule has 2 unspecified atom stereocenters. The third-order valence-electron chi connectivity index (χ3n) is 1.68. The fraction of sp³-hybridized carbons (Fsp3) is 0.667. The van der Waals surface area contributed by atoms with E-state index in [-0.39, 0.29) is 19.3 Å². The highest BCUT2D eigenvalue weighted by Gasteiger charge is 2.33. The van der Waals surface area contributed by atoms with Crippen molar-refractivity contribution in [3.63, 3.8) is 0 Å². The zero-order chi connectivity index (χ0) is 8.27. The number of carboxylic acid groups (broad SMARTS) is 1. The zero-order valence-electron chi connectivity index (χ0n) is 5.82. The minimum atomic E-state index is -0.929. The Morgan fingerprint density at radius 2 is 2.36 bits per heavy atom. The van der Waals surface area contributed by atoms with Gasteiger partial charge >= 0.3 is 5.97 Å². The highest BCUT2D eigenvalue weighted by atomic mass is 16.5. The molecule has 2 atom stereocenters. The molecule has 1 fully saturated rings. The van der Waals surface area contributed by atoms with Gasteiger partial charge in [0.05, 0.1) is 19.3 Å². The van der Waals surface area contributed by atoms with Crippen LogP contribution in [0, 0.1) is 5.92 Å². The summed E-state index contributed by atoms with van der Waals surface area (Å²) in [7, 11) is 0. The van der Waals surface area contributed by atoms with Crippen LogP contribution in [0.3, 0.4) is 0 Å². The van der Waals surface area contributed by atoms with Gasteiger partial charge in [-0.15, -0.1) is 0 Å². The Morgan fingerprint density at radius 1 is 1.64 bits per heavy atom. The maximum absolute atomic E-state index is 10.5. The van der Waals surface area contributed by atoms with E-state index in [1.54, 1.807) is 0 Å². The molecule has 1 heterocycles. The molecule has 1 aliphatic rings. The summed E-state index contributed by atoms with van der Waals surface area (Å²) in [5.41, 5.74) is 0. The number of hydrogen-bond acceptors (Lipinski definition) is 3.